The van der Waals surface area contributed by atoms with Crippen molar-refractivity contribution in [1.82, 2.24) is 0 Å². The van der Waals surface area contributed by atoms with Crippen LogP contribution in [-0.4, -0.2) is 12.2 Å². The molecule has 100 valence electrons. The molecular weight excluding hydrogens is 250 g/mol. The average molecular weight is 264 g/mol. The van der Waals surface area contributed by atoms with Gasteiger partial charge in [-0.05, 0) is 23.8 Å². The van der Waals surface area contributed by atoms with Crippen LogP contribution < -0.4 is 4.74 Å². The summed E-state index contributed by atoms with van der Waals surface area (Å²) in [6, 6.07) is 10.9. The quantitative estimate of drug-likeness (QED) is 0.918. The standard InChI is InChI=1S/C15H14F2O2/c1-19-11-7-5-10(6-8-11)9-14(18)12-3-2-4-13(16)15(12)17/h2-8,14,18H,9H2,1H3. The van der Waals surface area contributed by atoms with Crippen LogP contribution in [0.3, 0.4) is 0 Å². The van der Waals surface area contributed by atoms with Crippen molar-refractivity contribution in [2.24, 2.45) is 0 Å². The van der Waals surface area contributed by atoms with Crippen molar-refractivity contribution >= 4 is 0 Å². The first-order chi connectivity index (χ1) is 9.11. The molecule has 0 aromatic heterocycles. The monoisotopic (exact) mass is 264 g/mol. The minimum atomic E-state index is -1.08. The minimum Gasteiger partial charge on any atom is -0.497 e. The zero-order chi connectivity index (χ0) is 13.8. The number of aliphatic hydroxyl groups is 1. The van der Waals surface area contributed by atoms with Gasteiger partial charge in [-0.25, -0.2) is 8.78 Å². The number of benzene rings is 2. The van der Waals surface area contributed by atoms with Crippen LogP contribution in [0, 0.1) is 11.6 Å². The fourth-order valence-electron chi connectivity index (χ4n) is 1.87. The Morgan fingerprint density at radius 1 is 1.11 bits per heavy atom. The molecule has 2 nitrogen and oxygen atoms in total. The Morgan fingerprint density at radius 3 is 2.42 bits per heavy atom. The Morgan fingerprint density at radius 2 is 1.79 bits per heavy atom. The third kappa shape index (κ3) is 3.09. The molecule has 0 spiro atoms. The van der Waals surface area contributed by atoms with Gasteiger partial charge in [0.2, 0.25) is 0 Å². The minimum absolute atomic E-state index is 0.0316. The van der Waals surface area contributed by atoms with Gasteiger partial charge in [-0.2, -0.15) is 0 Å². The predicted octanol–water partition coefficient (Wildman–Crippen LogP) is 3.25. The molecule has 1 atom stereocenters. The third-order valence-corrected chi connectivity index (χ3v) is 2.93. The largest absolute Gasteiger partial charge is 0.497 e. The van der Waals surface area contributed by atoms with Crippen molar-refractivity contribution < 1.29 is 18.6 Å². The van der Waals surface area contributed by atoms with Gasteiger partial charge in [-0.15, -0.1) is 0 Å². The van der Waals surface area contributed by atoms with Gasteiger partial charge in [-0.3, -0.25) is 0 Å². The highest BCUT2D eigenvalue weighted by Crippen LogP contribution is 2.23. The highest BCUT2D eigenvalue weighted by Gasteiger charge is 2.16. The summed E-state index contributed by atoms with van der Waals surface area (Å²) in [5.74, 6) is -1.25. The molecule has 2 rings (SSSR count). The van der Waals surface area contributed by atoms with E-state index in [0.29, 0.717) is 5.75 Å². The Bertz CT molecular complexity index is 553. The van der Waals surface area contributed by atoms with Gasteiger partial charge in [0.05, 0.1) is 13.2 Å². The maximum atomic E-state index is 13.5. The van der Waals surface area contributed by atoms with Crippen molar-refractivity contribution in [3.05, 3.63) is 65.2 Å². The highest BCUT2D eigenvalue weighted by atomic mass is 19.2. The summed E-state index contributed by atoms with van der Waals surface area (Å²) < 4.78 is 31.6. The summed E-state index contributed by atoms with van der Waals surface area (Å²) in [5, 5.41) is 9.97. The molecule has 0 aliphatic rings. The molecule has 4 heteroatoms. The summed E-state index contributed by atoms with van der Waals surface area (Å²) in [6.07, 6.45) is -0.867. The van der Waals surface area contributed by atoms with Crippen LogP contribution in [0.4, 0.5) is 8.78 Å². The first kappa shape index (κ1) is 13.5. The van der Waals surface area contributed by atoms with E-state index in [-0.39, 0.29) is 12.0 Å². The van der Waals surface area contributed by atoms with Crippen LogP contribution in [-0.2, 0) is 6.42 Å². The maximum absolute atomic E-state index is 13.5. The number of methoxy groups -OCH3 is 1. The van der Waals surface area contributed by atoms with Crippen molar-refractivity contribution in [2.45, 2.75) is 12.5 Å². The normalized spacial score (nSPS) is 12.2. The van der Waals surface area contributed by atoms with E-state index in [2.05, 4.69) is 0 Å². The number of ether oxygens (including phenoxy) is 1. The molecule has 0 amide bonds. The van der Waals surface area contributed by atoms with Crippen molar-refractivity contribution in [1.29, 1.82) is 0 Å². The number of hydrogen-bond acceptors (Lipinski definition) is 2. The van der Waals surface area contributed by atoms with E-state index in [1.54, 1.807) is 31.4 Å². The van der Waals surface area contributed by atoms with Gasteiger partial charge in [-0.1, -0.05) is 24.3 Å². The SMILES string of the molecule is COc1ccc(CC(O)c2cccc(F)c2F)cc1. The van der Waals surface area contributed by atoms with Gasteiger partial charge in [0, 0.05) is 12.0 Å². The van der Waals surface area contributed by atoms with Crippen molar-refractivity contribution in [3.63, 3.8) is 0 Å². The van der Waals surface area contributed by atoms with Crippen LogP contribution in [0.5, 0.6) is 5.75 Å². The zero-order valence-electron chi connectivity index (χ0n) is 10.4. The second-order valence-corrected chi connectivity index (χ2v) is 4.21. The first-order valence-corrected chi connectivity index (χ1v) is 5.86. The van der Waals surface area contributed by atoms with E-state index in [0.717, 1.165) is 11.6 Å². The summed E-state index contributed by atoms with van der Waals surface area (Å²) in [5.41, 5.74) is 0.785. The summed E-state index contributed by atoms with van der Waals surface area (Å²) in [4.78, 5) is 0. The number of aliphatic hydroxyl groups excluding tert-OH is 1. The van der Waals surface area contributed by atoms with Crippen LogP contribution in [0.15, 0.2) is 42.5 Å². The lowest BCUT2D eigenvalue weighted by molar-refractivity contribution is 0.172. The lowest BCUT2D eigenvalue weighted by atomic mass is 10.0. The smallest absolute Gasteiger partial charge is 0.164 e. The molecule has 0 aliphatic carbocycles. The highest BCUT2D eigenvalue weighted by molar-refractivity contribution is 5.29. The van der Waals surface area contributed by atoms with E-state index in [1.807, 2.05) is 0 Å². The number of halogens is 2. The fourth-order valence-corrected chi connectivity index (χ4v) is 1.87. The summed E-state index contributed by atoms with van der Waals surface area (Å²) in [7, 11) is 1.56. The van der Waals surface area contributed by atoms with Crippen LogP contribution in [0.25, 0.3) is 0 Å². The Labute approximate surface area is 110 Å². The molecule has 1 N–H and O–H groups in total. The van der Waals surface area contributed by atoms with E-state index >= 15 is 0 Å². The molecular formula is C15H14F2O2. The van der Waals surface area contributed by atoms with Crippen LogP contribution >= 0.6 is 0 Å². The van der Waals surface area contributed by atoms with Crippen molar-refractivity contribution in [2.75, 3.05) is 7.11 Å². The Hall–Kier alpha value is -1.94. The zero-order valence-corrected chi connectivity index (χ0v) is 10.4. The number of hydrogen-bond donors (Lipinski definition) is 1. The average Bonchev–Trinajstić information content (AvgIpc) is 2.42. The van der Waals surface area contributed by atoms with Gasteiger partial charge in [0.1, 0.15) is 5.75 Å². The summed E-state index contributed by atoms with van der Waals surface area (Å²) in [6.45, 7) is 0. The second kappa shape index (κ2) is 5.80. The van der Waals surface area contributed by atoms with E-state index in [4.69, 9.17) is 4.74 Å². The molecule has 2 aromatic carbocycles. The molecule has 0 radical (unpaired) electrons. The molecule has 2 aromatic rings. The topological polar surface area (TPSA) is 29.5 Å². The van der Waals surface area contributed by atoms with E-state index < -0.39 is 17.7 Å². The van der Waals surface area contributed by atoms with Gasteiger partial charge < -0.3 is 9.84 Å². The molecule has 0 heterocycles. The van der Waals surface area contributed by atoms with Gasteiger partial charge >= 0.3 is 0 Å². The Kier molecular flexibility index (Phi) is 4.12. The number of rotatable bonds is 4. The maximum Gasteiger partial charge on any atom is 0.164 e. The van der Waals surface area contributed by atoms with E-state index in [9.17, 15) is 13.9 Å². The van der Waals surface area contributed by atoms with Crippen molar-refractivity contribution in [3.8, 4) is 5.75 Å². The molecule has 0 aliphatic heterocycles. The van der Waals surface area contributed by atoms with Crippen LogP contribution in [0.1, 0.15) is 17.2 Å². The van der Waals surface area contributed by atoms with Crippen LogP contribution in [0.2, 0.25) is 0 Å². The lowest BCUT2D eigenvalue weighted by Gasteiger charge is -2.12. The second-order valence-electron chi connectivity index (χ2n) is 4.21. The van der Waals surface area contributed by atoms with Gasteiger partial charge in [0.25, 0.3) is 0 Å². The lowest BCUT2D eigenvalue weighted by Crippen LogP contribution is -2.05. The predicted molar refractivity (Wildman–Crippen MR) is 68.0 cm³/mol. The molecule has 0 saturated heterocycles. The fraction of sp³-hybridized carbons (Fsp3) is 0.200. The third-order valence-electron chi connectivity index (χ3n) is 2.93. The van der Waals surface area contributed by atoms with E-state index in [1.165, 1.54) is 12.1 Å². The molecule has 19 heavy (non-hydrogen) atoms. The molecule has 0 fully saturated rings. The molecule has 0 saturated carbocycles. The first-order valence-electron chi connectivity index (χ1n) is 5.86. The molecule has 0 bridgehead atoms. The Balaban J connectivity index is 2.15. The van der Waals surface area contributed by atoms with Gasteiger partial charge in [0.15, 0.2) is 11.6 Å². The molecule has 1 unspecified atom stereocenters. The summed E-state index contributed by atoms with van der Waals surface area (Å²) >= 11 is 0.